The molecule has 8 aromatic rings. The van der Waals surface area contributed by atoms with Crippen molar-refractivity contribution in [1.29, 1.82) is 0 Å². The highest BCUT2D eigenvalue weighted by Gasteiger charge is 2.20. The number of benzene rings is 5. The molecule has 0 aliphatic rings. The lowest BCUT2D eigenvalue weighted by Crippen LogP contribution is -1.95. The average molecular weight is 434 g/mol. The standard InChI is InChI=1S/C31H19N3/c1-4-12-22-19(9-1)20-10-2-5-13-23(20)29-27(22)28-30(33-29)24-14-6-3-11-21(24)25-16-18-34(31(25)28)26-15-7-8-17-32-26/h1-18,33H. The van der Waals surface area contributed by atoms with E-state index < -0.39 is 0 Å². The Bertz CT molecular complexity index is 2060. The van der Waals surface area contributed by atoms with Crippen LogP contribution in [0.25, 0.3) is 70.8 Å². The fourth-order valence-electron chi connectivity index (χ4n) is 5.81. The molecule has 0 radical (unpaired) electrons. The van der Waals surface area contributed by atoms with Gasteiger partial charge in [-0.15, -0.1) is 0 Å². The van der Waals surface area contributed by atoms with Crippen LogP contribution in [0, 0.1) is 0 Å². The molecule has 0 saturated carbocycles. The molecule has 0 atom stereocenters. The van der Waals surface area contributed by atoms with Gasteiger partial charge in [0.1, 0.15) is 5.82 Å². The van der Waals surface area contributed by atoms with E-state index in [9.17, 15) is 0 Å². The van der Waals surface area contributed by atoms with Gasteiger partial charge in [-0.25, -0.2) is 4.98 Å². The summed E-state index contributed by atoms with van der Waals surface area (Å²) >= 11 is 0. The summed E-state index contributed by atoms with van der Waals surface area (Å²) in [5.74, 6) is 0.925. The topological polar surface area (TPSA) is 33.6 Å². The van der Waals surface area contributed by atoms with E-state index >= 15 is 0 Å². The van der Waals surface area contributed by atoms with E-state index in [0.717, 1.165) is 5.82 Å². The largest absolute Gasteiger partial charge is 0.353 e. The Morgan fingerprint density at radius 1 is 0.500 bits per heavy atom. The Morgan fingerprint density at radius 2 is 1.06 bits per heavy atom. The van der Waals surface area contributed by atoms with Crippen LogP contribution in [-0.2, 0) is 0 Å². The van der Waals surface area contributed by atoms with E-state index in [1.807, 2.05) is 18.3 Å². The van der Waals surface area contributed by atoms with Gasteiger partial charge in [0.15, 0.2) is 0 Å². The Hall–Kier alpha value is -4.63. The Labute approximate surface area is 194 Å². The number of pyridine rings is 1. The van der Waals surface area contributed by atoms with Crippen LogP contribution in [0.3, 0.4) is 0 Å². The van der Waals surface area contributed by atoms with Gasteiger partial charge in [0.25, 0.3) is 0 Å². The summed E-state index contributed by atoms with van der Waals surface area (Å²) < 4.78 is 2.24. The van der Waals surface area contributed by atoms with Crippen LogP contribution in [0.15, 0.2) is 109 Å². The van der Waals surface area contributed by atoms with E-state index in [1.54, 1.807) is 0 Å². The smallest absolute Gasteiger partial charge is 0.137 e. The van der Waals surface area contributed by atoms with Gasteiger partial charge in [-0.1, -0.05) is 78.9 Å². The third kappa shape index (κ3) is 2.18. The fraction of sp³-hybridized carbons (Fsp3) is 0. The first kappa shape index (κ1) is 17.9. The number of nitrogens with one attached hydrogen (secondary N) is 1. The van der Waals surface area contributed by atoms with Crippen molar-refractivity contribution < 1.29 is 0 Å². The molecule has 1 N–H and O–H groups in total. The lowest BCUT2D eigenvalue weighted by atomic mass is 9.95. The first-order chi connectivity index (χ1) is 16.9. The zero-order valence-electron chi connectivity index (χ0n) is 18.3. The molecular formula is C31H19N3. The highest BCUT2D eigenvalue weighted by Crippen LogP contribution is 2.45. The Kier molecular flexibility index (Phi) is 3.39. The summed E-state index contributed by atoms with van der Waals surface area (Å²) in [5.41, 5.74) is 3.56. The monoisotopic (exact) mass is 433 g/mol. The van der Waals surface area contributed by atoms with Crippen LogP contribution in [0.5, 0.6) is 0 Å². The van der Waals surface area contributed by atoms with Gasteiger partial charge < -0.3 is 9.55 Å². The van der Waals surface area contributed by atoms with Crippen LogP contribution in [-0.4, -0.2) is 14.5 Å². The second-order valence-electron chi connectivity index (χ2n) is 8.90. The van der Waals surface area contributed by atoms with E-state index in [-0.39, 0.29) is 0 Å². The zero-order chi connectivity index (χ0) is 22.2. The molecule has 0 fully saturated rings. The summed E-state index contributed by atoms with van der Waals surface area (Å²) in [6, 6.07) is 34.5. The minimum Gasteiger partial charge on any atom is -0.353 e. The molecule has 3 aromatic heterocycles. The molecule has 0 spiro atoms. The maximum atomic E-state index is 4.69. The molecule has 3 heterocycles. The van der Waals surface area contributed by atoms with Crippen molar-refractivity contribution in [2.45, 2.75) is 0 Å². The summed E-state index contributed by atoms with van der Waals surface area (Å²) in [7, 11) is 0. The molecule has 0 saturated heterocycles. The number of nitrogens with zero attached hydrogens (tertiary/aromatic N) is 2. The Morgan fingerprint density at radius 3 is 1.74 bits per heavy atom. The maximum Gasteiger partial charge on any atom is 0.137 e. The van der Waals surface area contributed by atoms with Crippen molar-refractivity contribution in [2.24, 2.45) is 0 Å². The fourth-order valence-corrected chi connectivity index (χ4v) is 5.81. The predicted octanol–water partition coefficient (Wildman–Crippen LogP) is 8.12. The first-order valence-electron chi connectivity index (χ1n) is 11.6. The van der Waals surface area contributed by atoms with Crippen LogP contribution in [0.4, 0.5) is 0 Å². The normalized spacial score (nSPS) is 12.1. The van der Waals surface area contributed by atoms with Crippen LogP contribution in [0.1, 0.15) is 0 Å². The summed E-state index contributed by atoms with van der Waals surface area (Å²) in [4.78, 5) is 8.57. The van der Waals surface area contributed by atoms with Gasteiger partial charge in [0.2, 0.25) is 0 Å². The number of hydrogen-bond acceptors (Lipinski definition) is 1. The van der Waals surface area contributed by atoms with Crippen molar-refractivity contribution in [3.05, 3.63) is 109 Å². The number of rotatable bonds is 1. The number of H-pyrrole nitrogens is 1. The first-order valence-corrected chi connectivity index (χ1v) is 11.6. The average Bonchev–Trinajstić information content (AvgIpc) is 3.52. The van der Waals surface area contributed by atoms with Crippen LogP contribution >= 0.6 is 0 Å². The molecule has 8 rings (SSSR count). The molecule has 0 aliphatic heterocycles. The Balaban J connectivity index is 1.75. The van der Waals surface area contributed by atoms with Crippen LogP contribution < -0.4 is 0 Å². The third-order valence-corrected chi connectivity index (χ3v) is 7.19. The maximum absolute atomic E-state index is 4.69. The van der Waals surface area contributed by atoms with Crippen molar-refractivity contribution >= 4 is 65.0 Å². The van der Waals surface area contributed by atoms with Crippen molar-refractivity contribution in [3.8, 4) is 5.82 Å². The van der Waals surface area contributed by atoms with Gasteiger partial charge in [-0.2, -0.15) is 0 Å². The highest BCUT2D eigenvalue weighted by atomic mass is 15.0. The highest BCUT2D eigenvalue weighted by molar-refractivity contribution is 6.39. The number of aromatic nitrogens is 3. The summed E-state index contributed by atoms with van der Waals surface area (Å²) in [6.07, 6.45) is 4.01. The second kappa shape index (κ2) is 6.46. The van der Waals surface area contributed by atoms with Crippen LogP contribution in [0.2, 0.25) is 0 Å². The molecular weight excluding hydrogens is 414 g/mol. The SMILES string of the molecule is c1ccc(-n2ccc3c4ccccc4c4[nH]c5c6ccccc6c6ccccc6c5c4c32)nc1. The predicted molar refractivity (Wildman–Crippen MR) is 143 cm³/mol. The van der Waals surface area contributed by atoms with Gasteiger partial charge in [0.05, 0.1) is 16.6 Å². The van der Waals surface area contributed by atoms with Gasteiger partial charge >= 0.3 is 0 Å². The molecule has 0 aliphatic carbocycles. The van der Waals surface area contributed by atoms with Gasteiger partial charge in [-0.05, 0) is 39.7 Å². The van der Waals surface area contributed by atoms with E-state index in [0.29, 0.717) is 0 Å². The minimum absolute atomic E-state index is 0.925. The molecule has 0 bridgehead atoms. The zero-order valence-corrected chi connectivity index (χ0v) is 18.3. The van der Waals surface area contributed by atoms with Crippen molar-refractivity contribution in [3.63, 3.8) is 0 Å². The molecule has 34 heavy (non-hydrogen) atoms. The summed E-state index contributed by atoms with van der Waals surface area (Å²) in [5, 5.41) is 11.3. The molecule has 0 amide bonds. The van der Waals surface area contributed by atoms with E-state index in [4.69, 9.17) is 0 Å². The molecule has 0 unspecified atom stereocenters. The number of aromatic amines is 1. The second-order valence-corrected chi connectivity index (χ2v) is 8.90. The quantitative estimate of drug-likeness (QED) is 0.261. The molecule has 158 valence electrons. The molecule has 5 aromatic carbocycles. The molecule has 3 nitrogen and oxygen atoms in total. The number of hydrogen-bond donors (Lipinski definition) is 1. The lowest BCUT2D eigenvalue weighted by Gasteiger charge is -2.10. The molecule has 3 heteroatoms. The lowest BCUT2D eigenvalue weighted by molar-refractivity contribution is 1.05. The number of fused-ring (bicyclic) bond motifs is 13. The summed E-state index contributed by atoms with van der Waals surface area (Å²) in [6.45, 7) is 0. The third-order valence-electron chi connectivity index (χ3n) is 7.19. The van der Waals surface area contributed by atoms with E-state index in [2.05, 4.69) is 106 Å². The minimum atomic E-state index is 0.925. The van der Waals surface area contributed by atoms with Crippen molar-refractivity contribution in [2.75, 3.05) is 0 Å². The van der Waals surface area contributed by atoms with Gasteiger partial charge in [-0.3, -0.25) is 0 Å². The van der Waals surface area contributed by atoms with E-state index in [1.165, 1.54) is 65.0 Å². The van der Waals surface area contributed by atoms with Crippen molar-refractivity contribution in [1.82, 2.24) is 14.5 Å². The van der Waals surface area contributed by atoms with Gasteiger partial charge in [0, 0.05) is 39.3 Å².